The van der Waals surface area contributed by atoms with Gasteiger partial charge in [-0.15, -0.1) is 166 Å². The molecule has 0 fully saturated rings. The van der Waals surface area contributed by atoms with Gasteiger partial charge in [0.15, 0.2) is 11.4 Å². The van der Waals surface area contributed by atoms with E-state index in [0.717, 1.165) is 118 Å². The molecule has 0 radical (unpaired) electrons. The van der Waals surface area contributed by atoms with E-state index in [4.69, 9.17) is 63.1 Å². The number of anilines is 4. The number of carboxylic acid groups (broad SMARTS) is 2. The van der Waals surface area contributed by atoms with E-state index in [1.165, 1.54) is 78.7 Å². The molecule has 14 rings (SSSR count). The van der Waals surface area contributed by atoms with Crippen molar-refractivity contribution in [2.24, 2.45) is 0 Å². The van der Waals surface area contributed by atoms with Crippen molar-refractivity contribution in [3.8, 4) is 0 Å². The number of nitrogens with one attached hydrogen (secondary N) is 2. The molecule has 2 N–H and O–H groups in total. The zero-order valence-corrected chi connectivity index (χ0v) is 108. The number of fused-ring (bicyclic) bond motifs is 12. The van der Waals surface area contributed by atoms with Crippen molar-refractivity contribution in [2.45, 2.75) is 140 Å². The zero-order chi connectivity index (χ0) is 104. The molecule has 35 nitrogen and oxygen atoms in total. The van der Waals surface area contributed by atoms with Crippen LogP contribution in [0, 0.1) is 45.2 Å². The molecule has 1 unspecified atom stereocenters. The number of benzene rings is 10. The summed E-state index contributed by atoms with van der Waals surface area (Å²) in [6.45, 7) is 26.2. The van der Waals surface area contributed by atoms with Crippen LogP contribution in [-0.4, -0.2) is 165 Å². The number of aromatic carboxylic acids is 2. The Morgan fingerprint density at radius 1 is 0.483 bits per heavy atom. The van der Waals surface area contributed by atoms with E-state index in [2.05, 4.69) is 134 Å². The molecule has 736 valence electrons. The van der Waals surface area contributed by atoms with Gasteiger partial charge in [0.2, 0.25) is 11.8 Å². The summed E-state index contributed by atoms with van der Waals surface area (Å²) in [5, 5.41) is 46.7. The fraction of sp³-hybridized carbons (Fsp3) is 0.260. The summed E-state index contributed by atoms with van der Waals surface area (Å²) < 4.78 is 212. The molecule has 147 heavy (non-hydrogen) atoms. The minimum absolute atomic E-state index is 0. The average Bonchev–Trinajstić information content (AvgIpc) is 1.59. The molecule has 0 saturated carbocycles. The third-order valence-corrected chi connectivity index (χ3v) is 26.0. The monoisotopic (exact) mass is 2230 g/mol. The number of likely N-dealkylation sites (N-methyl/N-ethyl adjacent to an activating group) is 1. The summed E-state index contributed by atoms with van der Waals surface area (Å²) in [5.74, 6) is -3.37. The van der Waals surface area contributed by atoms with Gasteiger partial charge in [-0.25, -0.2) is 8.78 Å². The largest absolute Gasteiger partial charge is 1.00 e. The number of aryl methyl sites for hydroxylation is 2. The van der Waals surface area contributed by atoms with E-state index < -0.39 is 112 Å². The first-order valence-corrected chi connectivity index (χ1v) is 51.9. The van der Waals surface area contributed by atoms with E-state index in [9.17, 15) is 60.6 Å². The molecule has 0 saturated heterocycles. The van der Waals surface area contributed by atoms with Gasteiger partial charge in [0.1, 0.15) is 18.1 Å². The summed E-state index contributed by atoms with van der Waals surface area (Å²) in [6, 6.07) is 54.6. The van der Waals surface area contributed by atoms with Gasteiger partial charge < -0.3 is 63.5 Å². The van der Waals surface area contributed by atoms with Gasteiger partial charge in [-0.3, -0.25) is 22.2 Å². The smallest absolute Gasteiger partial charge is 0.779 e. The fourth-order valence-electron chi connectivity index (χ4n) is 17.3. The Hall–Kier alpha value is -5.44. The summed E-state index contributed by atoms with van der Waals surface area (Å²) in [4.78, 5) is 53.1. The molecular weight excluding hydrogens is 2140 g/mol. The van der Waals surface area contributed by atoms with Gasteiger partial charge in [-0.1, -0.05) is 170 Å². The average molecular weight is 2230 g/mol. The van der Waals surface area contributed by atoms with Crippen LogP contribution < -0.4 is 272 Å². The second-order valence-corrected chi connectivity index (χ2v) is 42.9. The standard InChI is InChI=1S/C48H49N3O8S2.C48H48N3O6S.8Na.5O3S/c1-30-12-22-36-34(28-30)19-24-38-44(36)48(4,5)41(51(38)29-61(7,8,58)59-55)26-14-31(15-27-42(52)49-35-20-16-33(17-21-35)46(53)54)13-25-40-47(2,3)45-37(50(40)6)23-18-32-10-9-11-39(43(32)45)60(56)57;1-8-50-37-25-20-34-29-30(3)13-23-36(34)44(37)47(4,5)40(50)26-14-31(16-28-42(52)49-35-21-17-33(18-22-35)46(53)54)15-27-41-48(6,7)45-38(51(41)9-2)24-19-32-11-10-12-39(43(32)45)58(55,56)57;;;;;;;;;5*1-4(2)3/h10-14,16-21,23-26,28,55H,6,15,27,29H2,1-5,7-8H3,(H,49,52)(H,53,54)(H,56,57);11-15,17-22,24-27,29H,8-9,16,28H2,1-7H3,(H,49,52)(H,53,54)(H,55,56,57);;;;;;;;;;;;;/q-2;-1;8*+1;;;;;/p-5. The van der Waals surface area contributed by atoms with Crippen molar-refractivity contribution in [3.63, 3.8) is 0 Å². The molecule has 2 amide bonds. The number of hydrogen-bond donors (Lipinski definition) is 2. The Balaban J connectivity index is 0.00000234. The molecule has 10 aromatic rings. The Labute approximate surface area is 1040 Å². The van der Waals surface area contributed by atoms with Gasteiger partial charge in [-0.05, 0) is 125 Å². The van der Waals surface area contributed by atoms with E-state index >= 15 is 0 Å². The Morgan fingerprint density at radius 2 is 0.857 bits per heavy atom. The Bertz CT molecular complexity index is 7630. The summed E-state index contributed by atoms with van der Waals surface area (Å²) in [5.41, 5.74) is 13.1. The van der Waals surface area contributed by atoms with Crippen molar-refractivity contribution < 1.29 is 374 Å². The molecule has 1 atom stereocenters. The zero-order valence-electron chi connectivity index (χ0n) is 85.0. The molecular formula is C96H92N6Na8O29S8. The molecule has 0 aliphatic carbocycles. The third-order valence-electron chi connectivity index (χ3n) is 23.0. The molecule has 4 aliphatic rings. The number of nitrogens with zero attached hydrogens (tertiary/aromatic N) is 4. The first kappa shape index (κ1) is 142. The van der Waals surface area contributed by atoms with Crippen LogP contribution >= 0.6 is 0 Å². The second-order valence-electron chi connectivity index (χ2n) is 34.2. The molecule has 0 spiro atoms. The third kappa shape index (κ3) is 36.9. The minimum Gasteiger partial charge on any atom is -0.779 e. The number of carbonyl (C=O) groups is 4. The van der Waals surface area contributed by atoms with Crippen molar-refractivity contribution in [3.05, 3.63) is 293 Å². The second kappa shape index (κ2) is 60.6. The first-order valence-electron chi connectivity index (χ1n) is 41.5. The van der Waals surface area contributed by atoms with Crippen LogP contribution in [0.4, 0.5) is 34.1 Å². The molecule has 4 aliphatic heterocycles. The number of carboxylic acids is 2. The Morgan fingerprint density at radius 3 is 1.27 bits per heavy atom. The van der Waals surface area contributed by atoms with E-state index in [1.54, 1.807) is 16.7 Å². The topological polar surface area (TPSA) is 554 Å². The number of rotatable bonds is 23. The summed E-state index contributed by atoms with van der Waals surface area (Å²) >= 11 is -2.51. The molecule has 4 heterocycles. The molecule has 10 aromatic carbocycles. The maximum absolute atomic E-state index is 13.9. The fourth-order valence-corrected chi connectivity index (χ4v) is 19.6. The summed E-state index contributed by atoms with van der Waals surface area (Å²) in [7, 11) is -20.1. The number of allylic oxidation sites excluding steroid dienone is 12. The molecule has 51 heteroatoms. The van der Waals surface area contributed by atoms with Crippen LogP contribution in [0.15, 0.2) is 227 Å². The van der Waals surface area contributed by atoms with Crippen LogP contribution in [0.2, 0.25) is 0 Å². The molecule has 0 aromatic heterocycles. The minimum atomic E-state index is -4.79. The van der Waals surface area contributed by atoms with Crippen LogP contribution in [0.25, 0.3) is 43.1 Å². The van der Waals surface area contributed by atoms with Gasteiger partial charge in [0, 0.05) is 95.4 Å². The van der Waals surface area contributed by atoms with Crippen molar-refractivity contribution in [1.29, 1.82) is 0 Å². The van der Waals surface area contributed by atoms with Crippen LogP contribution in [-0.2, 0) is 119 Å². The first-order chi connectivity index (χ1) is 64.7. The quantitative estimate of drug-likeness (QED) is 0.00877. The predicted octanol–water partition coefficient (Wildman–Crippen LogP) is -14.3. The van der Waals surface area contributed by atoms with Crippen molar-refractivity contribution in [2.75, 3.05) is 51.9 Å². The van der Waals surface area contributed by atoms with E-state index in [1.807, 2.05) is 131 Å². The number of carbonyl (C=O) groups excluding carboxylic acids is 4. The maximum atomic E-state index is 13.9. The van der Waals surface area contributed by atoms with Crippen molar-refractivity contribution >= 4 is 196 Å². The van der Waals surface area contributed by atoms with Crippen LogP contribution in [0.1, 0.15) is 149 Å². The van der Waals surface area contributed by atoms with Crippen LogP contribution in [0.3, 0.4) is 0 Å². The summed E-state index contributed by atoms with van der Waals surface area (Å²) in [6.07, 6.45) is 19.4. The Kier molecular flexibility index (Phi) is 58.4. The predicted molar refractivity (Wildman–Crippen MR) is 511 cm³/mol. The molecule has 0 bridgehead atoms. The SMILES string of the molecule is CCN1/C(=C/C=C(/C=C/C2=[N+](CC)c3ccc4cc(C)c[c-]c4c3C2(C)C)CCC(=O)Nc2ccc(C(=O)[O-])cc2)C(C)(C)c2c1ccc1c[c-]cc(S(=O)(=O)[O-])c21.O=S(=O)=O.O=S(=O)=O.O=S(=O)=O.O=S(=O)=O.O=S(=O)=O.[CH2-][N+]1=C(C=CC(=CC=C2N(CS(C)(C)(=O)O[O-])c3ccc4cc(C)c[c-]c4c3C2(C)C)CCC(=O)Nc2ccc(C(=O)[O-])cc2)C(C)(C)c2c1ccc1c[c-]cc(S(=O)[O-])c21.[Na+].[Na+].[Na+].[Na+].[Na+].[Na+].[Na+].[Na+]. The van der Waals surface area contributed by atoms with Gasteiger partial charge >= 0.3 is 290 Å². The number of amides is 2. The van der Waals surface area contributed by atoms with Gasteiger partial charge in [0.25, 0.3) is 0 Å². The van der Waals surface area contributed by atoms with Gasteiger partial charge in [0.05, 0.1) is 27.8 Å². The van der Waals surface area contributed by atoms with Gasteiger partial charge in [-0.2, -0.15) is 45.7 Å². The number of hydrogen-bond acceptors (Lipinski definition) is 31. The van der Waals surface area contributed by atoms with Crippen LogP contribution in [0.5, 0.6) is 0 Å². The normalized spacial score (nSPS) is 14.8. The van der Waals surface area contributed by atoms with Crippen molar-refractivity contribution in [1.82, 2.24) is 0 Å². The van der Waals surface area contributed by atoms with E-state index in [-0.39, 0.29) is 300 Å². The van der Waals surface area contributed by atoms with E-state index in [0.29, 0.717) is 40.5 Å². The maximum Gasteiger partial charge on any atom is 1.00 e.